The maximum atomic E-state index is 12.8. The van der Waals surface area contributed by atoms with Crippen molar-refractivity contribution in [2.24, 2.45) is 5.92 Å². The summed E-state index contributed by atoms with van der Waals surface area (Å²) in [6.07, 6.45) is 3.92. The zero-order chi connectivity index (χ0) is 19.8. The maximum Gasteiger partial charge on any atom is 0.274 e. The summed E-state index contributed by atoms with van der Waals surface area (Å²) in [7, 11) is 1.53. The lowest BCUT2D eigenvalue weighted by Gasteiger charge is -2.13. The highest BCUT2D eigenvalue weighted by molar-refractivity contribution is 5.98. The summed E-state index contributed by atoms with van der Waals surface area (Å²) >= 11 is 0. The molecular weight excluding hydrogens is 354 g/mol. The van der Waals surface area contributed by atoms with Gasteiger partial charge in [-0.05, 0) is 50.8 Å². The van der Waals surface area contributed by atoms with Crippen LogP contribution in [0.15, 0.2) is 30.6 Å². The van der Waals surface area contributed by atoms with E-state index in [9.17, 15) is 10.1 Å². The molecule has 2 heterocycles. The molecule has 1 fully saturated rings. The Bertz CT molecular complexity index is 1110. The van der Waals surface area contributed by atoms with Crippen LogP contribution in [0.3, 0.4) is 0 Å². The number of amides is 1. The molecule has 1 N–H and O–H groups in total. The lowest BCUT2D eigenvalue weighted by Crippen LogP contribution is -2.34. The van der Waals surface area contributed by atoms with Crippen LogP contribution in [0.25, 0.3) is 16.9 Å². The standard InChI is InChI=1S/C21H21N5O2/c1-12-9-17(16-6-4-5-15(10-22)19(16)28-3)25-20-18(23-11-26(12)20)21(27)24-13(2)14-7-8-14/h4-6,9,11,13-14H,7-8H2,1-3H3,(H,24,27). The summed E-state index contributed by atoms with van der Waals surface area (Å²) in [5.41, 5.74) is 3.43. The third-order valence-corrected chi connectivity index (χ3v) is 5.21. The van der Waals surface area contributed by atoms with Gasteiger partial charge in [0.25, 0.3) is 5.91 Å². The molecule has 1 amide bonds. The smallest absolute Gasteiger partial charge is 0.274 e. The zero-order valence-electron chi connectivity index (χ0n) is 16.1. The van der Waals surface area contributed by atoms with E-state index >= 15 is 0 Å². The first-order valence-corrected chi connectivity index (χ1v) is 9.26. The Morgan fingerprint density at radius 2 is 2.21 bits per heavy atom. The molecule has 1 aliphatic carbocycles. The minimum atomic E-state index is -0.219. The van der Waals surface area contributed by atoms with Gasteiger partial charge in [-0.15, -0.1) is 0 Å². The molecule has 1 atom stereocenters. The highest BCUT2D eigenvalue weighted by Gasteiger charge is 2.30. The summed E-state index contributed by atoms with van der Waals surface area (Å²) < 4.78 is 7.25. The van der Waals surface area contributed by atoms with E-state index in [0.29, 0.717) is 39.8 Å². The lowest BCUT2D eigenvalue weighted by atomic mass is 10.1. The van der Waals surface area contributed by atoms with Crippen molar-refractivity contribution in [3.05, 3.63) is 47.5 Å². The Balaban J connectivity index is 1.80. The molecule has 0 saturated heterocycles. The molecule has 1 saturated carbocycles. The second-order valence-corrected chi connectivity index (χ2v) is 7.17. The van der Waals surface area contributed by atoms with Crippen LogP contribution in [0.4, 0.5) is 0 Å². The van der Waals surface area contributed by atoms with E-state index in [1.165, 1.54) is 7.11 Å². The van der Waals surface area contributed by atoms with Crippen LogP contribution in [0.1, 0.15) is 41.5 Å². The molecule has 7 heteroatoms. The van der Waals surface area contributed by atoms with Crippen molar-refractivity contribution < 1.29 is 9.53 Å². The molecular formula is C21H21N5O2. The van der Waals surface area contributed by atoms with E-state index in [0.717, 1.165) is 18.5 Å². The zero-order valence-corrected chi connectivity index (χ0v) is 16.1. The summed E-state index contributed by atoms with van der Waals surface area (Å²) in [4.78, 5) is 21.7. The van der Waals surface area contributed by atoms with Crippen LogP contribution in [0.2, 0.25) is 0 Å². The van der Waals surface area contributed by atoms with Crippen LogP contribution >= 0.6 is 0 Å². The van der Waals surface area contributed by atoms with E-state index in [4.69, 9.17) is 4.74 Å². The average Bonchev–Trinajstić information content (AvgIpc) is 3.46. The molecule has 7 nitrogen and oxygen atoms in total. The third kappa shape index (κ3) is 3.07. The summed E-state index contributed by atoms with van der Waals surface area (Å²) in [6, 6.07) is 9.49. The Morgan fingerprint density at radius 1 is 1.43 bits per heavy atom. The van der Waals surface area contributed by atoms with Gasteiger partial charge in [-0.1, -0.05) is 6.07 Å². The number of benzene rings is 1. The minimum absolute atomic E-state index is 0.126. The summed E-state index contributed by atoms with van der Waals surface area (Å²) in [5.74, 6) is 0.805. The van der Waals surface area contributed by atoms with Gasteiger partial charge in [-0.3, -0.25) is 9.20 Å². The van der Waals surface area contributed by atoms with Crippen LogP contribution in [-0.2, 0) is 0 Å². The van der Waals surface area contributed by atoms with E-state index in [1.54, 1.807) is 22.9 Å². The number of methoxy groups -OCH3 is 1. The van der Waals surface area contributed by atoms with Gasteiger partial charge in [0.1, 0.15) is 18.1 Å². The van der Waals surface area contributed by atoms with Gasteiger partial charge in [0.15, 0.2) is 11.3 Å². The van der Waals surface area contributed by atoms with Gasteiger partial charge in [-0.25, -0.2) is 9.97 Å². The number of aryl methyl sites for hydroxylation is 1. The van der Waals surface area contributed by atoms with Crippen molar-refractivity contribution in [3.8, 4) is 23.1 Å². The van der Waals surface area contributed by atoms with Crippen LogP contribution in [-0.4, -0.2) is 33.4 Å². The number of hydrogen-bond acceptors (Lipinski definition) is 5. The van der Waals surface area contributed by atoms with Crippen LogP contribution < -0.4 is 10.1 Å². The number of carbonyl (C=O) groups is 1. The Labute approximate surface area is 163 Å². The van der Waals surface area contributed by atoms with Gasteiger partial charge < -0.3 is 10.1 Å². The van der Waals surface area contributed by atoms with E-state index < -0.39 is 0 Å². The number of aromatic nitrogens is 3. The quantitative estimate of drug-likeness (QED) is 0.740. The number of nitriles is 1. The first kappa shape index (κ1) is 18.0. The SMILES string of the molecule is COc1c(C#N)cccc1-c1cc(C)n2cnc(C(=O)NC(C)C3CC3)c2n1. The van der Waals surface area contributed by atoms with Gasteiger partial charge in [0, 0.05) is 17.3 Å². The Kier molecular flexibility index (Phi) is 4.47. The first-order valence-electron chi connectivity index (χ1n) is 9.26. The summed E-state index contributed by atoms with van der Waals surface area (Å²) in [6.45, 7) is 3.95. The number of rotatable bonds is 5. The summed E-state index contributed by atoms with van der Waals surface area (Å²) in [5, 5.41) is 12.4. The molecule has 0 radical (unpaired) electrons. The van der Waals surface area contributed by atoms with E-state index in [2.05, 4.69) is 21.4 Å². The van der Waals surface area contributed by atoms with Crippen molar-refractivity contribution in [1.29, 1.82) is 5.26 Å². The fraction of sp³-hybridized carbons (Fsp3) is 0.333. The maximum absolute atomic E-state index is 12.8. The molecule has 4 rings (SSSR count). The van der Waals surface area contributed by atoms with E-state index in [1.807, 2.05) is 26.0 Å². The van der Waals surface area contributed by atoms with Crippen molar-refractivity contribution in [2.75, 3.05) is 7.11 Å². The van der Waals surface area contributed by atoms with Gasteiger partial charge in [0.2, 0.25) is 0 Å². The van der Waals surface area contributed by atoms with Gasteiger partial charge in [0.05, 0.1) is 18.4 Å². The number of hydrogen-bond donors (Lipinski definition) is 1. The third-order valence-electron chi connectivity index (χ3n) is 5.21. The number of para-hydroxylation sites is 1. The molecule has 1 aromatic carbocycles. The number of ether oxygens (including phenoxy) is 1. The van der Waals surface area contributed by atoms with Crippen molar-refractivity contribution in [1.82, 2.24) is 19.7 Å². The first-order chi connectivity index (χ1) is 13.5. The second-order valence-electron chi connectivity index (χ2n) is 7.17. The minimum Gasteiger partial charge on any atom is -0.495 e. The fourth-order valence-corrected chi connectivity index (χ4v) is 3.45. The molecule has 2 aromatic heterocycles. The monoisotopic (exact) mass is 375 g/mol. The normalized spacial score (nSPS) is 14.5. The van der Waals surface area contributed by atoms with Crippen LogP contribution in [0, 0.1) is 24.2 Å². The van der Waals surface area contributed by atoms with E-state index in [-0.39, 0.29) is 11.9 Å². The highest BCUT2D eigenvalue weighted by Crippen LogP contribution is 2.33. The molecule has 0 bridgehead atoms. The number of fused-ring (bicyclic) bond motifs is 1. The Hall–Kier alpha value is -3.40. The number of imidazole rings is 1. The van der Waals surface area contributed by atoms with Crippen molar-refractivity contribution >= 4 is 11.6 Å². The van der Waals surface area contributed by atoms with Gasteiger partial charge in [-0.2, -0.15) is 5.26 Å². The molecule has 0 aliphatic heterocycles. The lowest BCUT2D eigenvalue weighted by molar-refractivity contribution is 0.0933. The molecule has 1 aliphatic rings. The predicted octanol–water partition coefficient (Wildman–Crippen LogP) is 3.11. The average molecular weight is 375 g/mol. The highest BCUT2D eigenvalue weighted by atomic mass is 16.5. The molecule has 0 spiro atoms. The number of nitrogens with one attached hydrogen (secondary N) is 1. The predicted molar refractivity (Wildman–Crippen MR) is 104 cm³/mol. The van der Waals surface area contributed by atoms with Gasteiger partial charge >= 0.3 is 0 Å². The molecule has 1 unspecified atom stereocenters. The van der Waals surface area contributed by atoms with Crippen LogP contribution in [0.5, 0.6) is 5.75 Å². The topological polar surface area (TPSA) is 92.3 Å². The van der Waals surface area contributed by atoms with Crippen molar-refractivity contribution in [2.45, 2.75) is 32.7 Å². The second kappa shape index (κ2) is 6.97. The van der Waals surface area contributed by atoms with Crippen molar-refractivity contribution in [3.63, 3.8) is 0 Å². The Morgan fingerprint density at radius 3 is 2.89 bits per heavy atom. The largest absolute Gasteiger partial charge is 0.495 e. The fourth-order valence-electron chi connectivity index (χ4n) is 3.45. The molecule has 142 valence electrons. The number of nitrogens with zero attached hydrogens (tertiary/aromatic N) is 4. The number of carbonyl (C=O) groups excluding carboxylic acids is 1. The molecule has 3 aromatic rings. The molecule has 28 heavy (non-hydrogen) atoms.